The predicted octanol–water partition coefficient (Wildman–Crippen LogP) is 2.97. The second-order valence-electron chi connectivity index (χ2n) is 5.59. The summed E-state index contributed by atoms with van der Waals surface area (Å²) in [5.41, 5.74) is 2.33. The second-order valence-corrected chi connectivity index (χ2v) is 6.51. The Kier molecular flexibility index (Phi) is 4.80. The molecule has 1 amide bonds. The monoisotopic (exact) mass is 402 g/mol. The molecule has 7 nitrogen and oxygen atoms in total. The molecule has 0 saturated heterocycles. The number of aromatic amines is 1. The van der Waals surface area contributed by atoms with Gasteiger partial charge in [-0.2, -0.15) is 0 Å². The van der Waals surface area contributed by atoms with E-state index in [1.807, 2.05) is 6.92 Å². The van der Waals surface area contributed by atoms with E-state index in [0.29, 0.717) is 16.6 Å². The summed E-state index contributed by atoms with van der Waals surface area (Å²) in [6.07, 6.45) is 2.83. The Hall–Kier alpha value is -2.74. The summed E-state index contributed by atoms with van der Waals surface area (Å²) in [7, 11) is 0. The Labute approximate surface area is 151 Å². The van der Waals surface area contributed by atoms with Crippen LogP contribution in [0.4, 0.5) is 0 Å². The lowest BCUT2D eigenvalue weighted by Gasteiger charge is -2.17. The van der Waals surface area contributed by atoms with Crippen molar-refractivity contribution in [3.63, 3.8) is 0 Å². The Morgan fingerprint density at radius 1 is 1.28 bits per heavy atom. The van der Waals surface area contributed by atoms with Crippen LogP contribution in [-0.4, -0.2) is 31.9 Å². The molecule has 0 fully saturated rings. The highest BCUT2D eigenvalue weighted by atomic mass is 79.9. The van der Waals surface area contributed by atoms with Gasteiger partial charge in [0.05, 0.1) is 17.8 Å². The maximum atomic E-state index is 12.7. The molecule has 3 N–H and O–H groups in total. The minimum absolute atomic E-state index is 0.219. The molecule has 0 bridgehead atoms. The van der Waals surface area contributed by atoms with Gasteiger partial charge in [-0.05, 0) is 30.2 Å². The number of aromatic nitrogens is 3. The summed E-state index contributed by atoms with van der Waals surface area (Å²) >= 11 is 3.34. The van der Waals surface area contributed by atoms with Gasteiger partial charge in [-0.3, -0.25) is 9.59 Å². The number of hydrogen-bond donors (Lipinski definition) is 3. The number of nitrogens with one attached hydrogen (secondary N) is 2. The van der Waals surface area contributed by atoms with E-state index >= 15 is 0 Å². The van der Waals surface area contributed by atoms with Gasteiger partial charge < -0.3 is 15.4 Å². The molecular weight excluding hydrogens is 388 g/mol. The van der Waals surface area contributed by atoms with Crippen LogP contribution in [0.3, 0.4) is 0 Å². The SMILES string of the molecule is Cc1c[nH]c2ncnc(C(=O)N[C@@H](CC(=O)O)c3ccc(Br)cc3)c12. The molecule has 0 aliphatic carbocycles. The maximum Gasteiger partial charge on any atom is 0.305 e. The van der Waals surface area contributed by atoms with Gasteiger partial charge in [-0.25, -0.2) is 9.97 Å². The van der Waals surface area contributed by atoms with Crippen molar-refractivity contribution in [1.29, 1.82) is 0 Å². The van der Waals surface area contributed by atoms with Gasteiger partial charge in [0.1, 0.15) is 17.7 Å². The molecule has 0 saturated carbocycles. The zero-order chi connectivity index (χ0) is 18.0. The maximum absolute atomic E-state index is 12.7. The van der Waals surface area contributed by atoms with E-state index in [1.165, 1.54) is 6.33 Å². The third kappa shape index (κ3) is 3.69. The van der Waals surface area contributed by atoms with Gasteiger partial charge in [0.2, 0.25) is 0 Å². The summed E-state index contributed by atoms with van der Waals surface area (Å²) in [6, 6.07) is 6.48. The van der Waals surface area contributed by atoms with Gasteiger partial charge >= 0.3 is 5.97 Å². The van der Waals surface area contributed by atoms with Crippen LogP contribution in [0.2, 0.25) is 0 Å². The highest BCUT2D eigenvalue weighted by molar-refractivity contribution is 9.10. The van der Waals surface area contributed by atoms with E-state index in [0.717, 1.165) is 10.0 Å². The first-order valence-corrected chi connectivity index (χ1v) is 8.32. The van der Waals surface area contributed by atoms with Crippen LogP contribution >= 0.6 is 15.9 Å². The largest absolute Gasteiger partial charge is 0.481 e. The fourth-order valence-corrected chi connectivity index (χ4v) is 2.90. The minimum atomic E-state index is -1.00. The van der Waals surface area contributed by atoms with E-state index < -0.39 is 17.9 Å². The average molecular weight is 403 g/mol. The van der Waals surface area contributed by atoms with Gasteiger partial charge in [-0.15, -0.1) is 0 Å². The van der Waals surface area contributed by atoms with Crippen LogP contribution in [0.15, 0.2) is 41.3 Å². The van der Waals surface area contributed by atoms with Crippen molar-refractivity contribution in [2.24, 2.45) is 0 Å². The lowest BCUT2D eigenvalue weighted by atomic mass is 10.0. The number of amides is 1. The first kappa shape index (κ1) is 17.1. The Morgan fingerprint density at radius 2 is 2.00 bits per heavy atom. The third-order valence-electron chi connectivity index (χ3n) is 3.84. The third-order valence-corrected chi connectivity index (χ3v) is 4.37. The van der Waals surface area contributed by atoms with Crippen molar-refractivity contribution >= 4 is 38.8 Å². The highest BCUT2D eigenvalue weighted by Gasteiger charge is 2.22. The molecule has 0 radical (unpaired) electrons. The first-order chi connectivity index (χ1) is 12.0. The molecule has 0 aliphatic heterocycles. The van der Waals surface area contributed by atoms with Crippen LogP contribution in [-0.2, 0) is 4.79 Å². The normalized spacial score (nSPS) is 12.1. The summed E-state index contributed by atoms with van der Waals surface area (Å²) < 4.78 is 0.872. The molecule has 1 aromatic carbocycles. The van der Waals surface area contributed by atoms with E-state index in [1.54, 1.807) is 30.5 Å². The lowest BCUT2D eigenvalue weighted by molar-refractivity contribution is -0.137. The lowest BCUT2D eigenvalue weighted by Crippen LogP contribution is -2.31. The van der Waals surface area contributed by atoms with Crippen LogP contribution in [0, 0.1) is 6.92 Å². The van der Waals surface area contributed by atoms with E-state index in [9.17, 15) is 14.7 Å². The molecule has 0 unspecified atom stereocenters. The highest BCUT2D eigenvalue weighted by Crippen LogP contribution is 2.22. The molecule has 25 heavy (non-hydrogen) atoms. The fourth-order valence-electron chi connectivity index (χ4n) is 2.64. The topological polar surface area (TPSA) is 108 Å². The quantitative estimate of drug-likeness (QED) is 0.607. The molecule has 0 aliphatic rings. The van der Waals surface area contributed by atoms with Crippen LogP contribution in [0.5, 0.6) is 0 Å². The molecule has 3 rings (SSSR count). The fraction of sp³-hybridized carbons (Fsp3) is 0.176. The number of rotatable bonds is 5. The van der Waals surface area contributed by atoms with Gasteiger partial charge in [0.25, 0.3) is 5.91 Å². The number of carbonyl (C=O) groups excluding carboxylic acids is 1. The smallest absolute Gasteiger partial charge is 0.305 e. The van der Waals surface area contributed by atoms with Crippen molar-refractivity contribution in [2.75, 3.05) is 0 Å². The van der Waals surface area contributed by atoms with Crippen LogP contribution in [0.25, 0.3) is 11.0 Å². The predicted molar refractivity (Wildman–Crippen MR) is 95.2 cm³/mol. The number of H-pyrrole nitrogens is 1. The summed E-state index contributed by atoms with van der Waals surface area (Å²) in [4.78, 5) is 35.1. The second kappa shape index (κ2) is 7.02. The van der Waals surface area contributed by atoms with Gasteiger partial charge in [0.15, 0.2) is 0 Å². The number of carbonyl (C=O) groups is 2. The number of aliphatic carboxylic acids is 1. The van der Waals surface area contributed by atoms with E-state index in [-0.39, 0.29) is 12.1 Å². The number of carboxylic acid groups (broad SMARTS) is 1. The zero-order valence-electron chi connectivity index (χ0n) is 13.3. The molecule has 2 heterocycles. The van der Waals surface area contributed by atoms with Crippen molar-refractivity contribution in [1.82, 2.24) is 20.3 Å². The van der Waals surface area contributed by atoms with Crippen molar-refractivity contribution in [3.05, 3.63) is 58.1 Å². The van der Waals surface area contributed by atoms with Crippen LogP contribution < -0.4 is 5.32 Å². The summed E-state index contributed by atoms with van der Waals surface area (Å²) in [6.45, 7) is 1.85. The standard InChI is InChI=1S/C17H15BrN4O3/c1-9-7-19-16-14(9)15(20-8-21-16)17(25)22-12(6-13(23)24)10-2-4-11(18)5-3-10/h2-5,7-8,12H,6H2,1H3,(H,22,25)(H,23,24)(H,19,20,21)/t12-/m0/s1. The number of fused-ring (bicyclic) bond motifs is 1. The van der Waals surface area contributed by atoms with E-state index in [2.05, 4.69) is 36.2 Å². The van der Waals surface area contributed by atoms with Crippen molar-refractivity contribution < 1.29 is 14.7 Å². The number of aryl methyl sites for hydroxylation is 1. The van der Waals surface area contributed by atoms with Crippen molar-refractivity contribution in [3.8, 4) is 0 Å². The molecule has 0 spiro atoms. The molecule has 3 aromatic rings. The van der Waals surface area contributed by atoms with Gasteiger partial charge in [-0.1, -0.05) is 28.1 Å². The summed E-state index contributed by atoms with van der Waals surface area (Å²) in [5.74, 6) is -1.44. The number of halogens is 1. The Balaban J connectivity index is 1.93. The first-order valence-electron chi connectivity index (χ1n) is 7.52. The zero-order valence-corrected chi connectivity index (χ0v) is 14.9. The molecular formula is C17H15BrN4O3. The number of benzene rings is 1. The van der Waals surface area contributed by atoms with Gasteiger partial charge in [0, 0.05) is 10.7 Å². The Bertz CT molecular complexity index is 937. The molecule has 1 atom stereocenters. The molecule has 2 aromatic heterocycles. The number of nitrogens with zero attached hydrogens (tertiary/aromatic N) is 2. The Morgan fingerprint density at radius 3 is 2.68 bits per heavy atom. The number of hydrogen-bond acceptors (Lipinski definition) is 4. The van der Waals surface area contributed by atoms with E-state index in [4.69, 9.17) is 0 Å². The minimum Gasteiger partial charge on any atom is -0.481 e. The average Bonchev–Trinajstić information content (AvgIpc) is 2.96. The molecule has 128 valence electrons. The van der Waals surface area contributed by atoms with Crippen molar-refractivity contribution in [2.45, 2.75) is 19.4 Å². The number of carboxylic acids is 1. The molecule has 8 heteroatoms. The van der Waals surface area contributed by atoms with Crippen LogP contribution in [0.1, 0.15) is 34.1 Å². The summed E-state index contributed by atoms with van der Waals surface area (Å²) in [5, 5.41) is 12.6.